The van der Waals surface area contributed by atoms with E-state index in [4.69, 9.17) is 0 Å². The smallest absolute Gasteiger partial charge is 0.267 e. The summed E-state index contributed by atoms with van der Waals surface area (Å²) in [6.07, 6.45) is 4.02. The number of likely N-dealkylation sites (tertiary alicyclic amines) is 1. The molecule has 4 rings (SSSR count). The monoisotopic (exact) mass is 415 g/mol. The van der Waals surface area contributed by atoms with Gasteiger partial charge < -0.3 is 4.90 Å². The number of rotatable bonds is 6. The molecule has 0 spiro atoms. The second-order valence-corrected chi connectivity index (χ2v) is 8.28. The van der Waals surface area contributed by atoms with Gasteiger partial charge in [-0.05, 0) is 48.8 Å². The first-order chi connectivity index (χ1) is 15.1. The minimum Gasteiger partial charge on any atom is -0.341 e. The Labute approximate surface area is 183 Å². The number of benzene rings is 2. The van der Waals surface area contributed by atoms with Crippen LogP contribution in [0.2, 0.25) is 0 Å². The molecule has 1 aliphatic heterocycles. The molecule has 160 valence electrons. The molecule has 1 amide bonds. The molecule has 2 heterocycles. The first kappa shape index (κ1) is 21.0. The third-order valence-electron chi connectivity index (χ3n) is 6.14. The van der Waals surface area contributed by atoms with Crippen molar-refractivity contribution >= 4 is 5.91 Å². The van der Waals surface area contributed by atoms with Gasteiger partial charge >= 0.3 is 0 Å². The maximum atomic E-state index is 12.8. The van der Waals surface area contributed by atoms with Crippen LogP contribution in [0.5, 0.6) is 0 Å². The molecule has 2 aromatic carbocycles. The Bertz CT molecular complexity index is 1070. The van der Waals surface area contributed by atoms with E-state index in [1.165, 1.54) is 21.9 Å². The third kappa shape index (κ3) is 5.29. The topological polar surface area (TPSA) is 55.2 Å². The molecule has 0 N–H and O–H groups in total. The zero-order valence-corrected chi connectivity index (χ0v) is 18.0. The zero-order valence-electron chi connectivity index (χ0n) is 18.0. The van der Waals surface area contributed by atoms with E-state index in [1.54, 1.807) is 6.07 Å². The summed E-state index contributed by atoms with van der Waals surface area (Å²) in [6.45, 7) is 3.58. The number of carbonyl (C=O) groups excluding carboxylic acids is 1. The van der Waals surface area contributed by atoms with Crippen LogP contribution in [0, 0.1) is 5.92 Å². The maximum Gasteiger partial charge on any atom is 0.267 e. The van der Waals surface area contributed by atoms with E-state index in [0.29, 0.717) is 11.6 Å². The van der Waals surface area contributed by atoms with Gasteiger partial charge in [0.1, 0.15) is 6.54 Å². The lowest BCUT2D eigenvalue weighted by molar-refractivity contribution is -0.133. The van der Waals surface area contributed by atoms with Gasteiger partial charge in [0.25, 0.3) is 5.56 Å². The number of carbonyl (C=O) groups is 1. The lowest BCUT2D eigenvalue weighted by atomic mass is 9.90. The molecule has 1 fully saturated rings. The van der Waals surface area contributed by atoms with Crippen LogP contribution in [-0.2, 0) is 24.2 Å². The Hall–Kier alpha value is -3.21. The Kier molecular flexibility index (Phi) is 6.60. The van der Waals surface area contributed by atoms with Gasteiger partial charge in [0.15, 0.2) is 0 Å². The number of aryl methyl sites for hydroxylation is 1. The van der Waals surface area contributed by atoms with Gasteiger partial charge in [-0.2, -0.15) is 5.10 Å². The average molecular weight is 416 g/mol. The second kappa shape index (κ2) is 9.73. The summed E-state index contributed by atoms with van der Waals surface area (Å²) in [7, 11) is 0. The second-order valence-electron chi connectivity index (χ2n) is 8.28. The zero-order chi connectivity index (χ0) is 21.6. The number of amides is 1. The summed E-state index contributed by atoms with van der Waals surface area (Å²) in [6, 6.07) is 21.9. The molecular weight excluding hydrogens is 386 g/mol. The summed E-state index contributed by atoms with van der Waals surface area (Å²) in [5.74, 6) is 0.563. The van der Waals surface area contributed by atoms with E-state index in [-0.39, 0.29) is 18.0 Å². The number of aromatic nitrogens is 2. The van der Waals surface area contributed by atoms with E-state index in [9.17, 15) is 9.59 Å². The van der Waals surface area contributed by atoms with Crippen LogP contribution in [0.25, 0.3) is 11.3 Å². The van der Waals surface area contributed by atoms with Crippen molar-refractivity contribution in [2.24, 2.45) is 5.92 Å². The highest BCUT2D eigenvalue weighted by molar-refractivity contribution is 5.76. The quantitative estimate of drug-likeness (QED) is 0.612. The molecule has 1 aromatic heterocycles. The molecule has 31 heavy (non-hydrogen) atoms. The summed E-state index contributed by atoms with van der Waals surface area (Å²) in [5, 5.41) is 4.46. The molecule has 3 aromatic rings. The summed E-state index contributed by atoms with van der Waals surface area (Å²) in [5.41, 5.74) is 4.01. The van der Waals surface area contributed by atoms with Gasteiger partial charge in [0, 0.05) is 24.7 Å². The summed E-state index contributed by atoms with van der Waals surface area (Å²) in [4.78, 5) is 27.0. The maximum absolute atomic E-state index is 12.8. The average Bonchev–Trinajstić information content (AvgIpc) is 2.82. The van der Waals surface area contributed by atoms with Crippen LogP contribution >= 0.6 is 0 Å². The number of hydrogen-bond acceptors (Lipinski definition) is 3. The molecule has 0 radical (unpaired) electrons. The molecule has 1 saturated heterocycles. The fourth-order valence-corrected chi connectivity index (χ4v) is 4.19. The van der Waals surface area contributed by atoms with Crippen LogP contribution < -0.4 is 5.56 Å². The number of piperidine rings is 1. The van der Waals surface area contributed by atoms with Crippen molar-refractivity contribution in [3.8, 4) is 11.3 Å². The van der Waals surface area contributed by atoms with Gasteiger partial charge in [0.05, 0.1) is 5.69 Å². The number of hydrogen-bond donors (Lipinski definition) is 0. The summed E-state index contributed by atoms with van der Waals surface area (Å²) >= 11 is 0. The van der Waals surface area contributed by atoms with Crippen molar-refractivity contribution in [3.05, 3.63) is 88.2 Å². The highest BCUT2D eigenvalue weighted by Crippen LogP contribution is 2.22. The Balaban J connectivity index is 1.37. The minimum atomic E-state index is -0.249. The molecule has 5 nitrogen and oxygen atoms in total. The molecule has 1 aliphatic rings. The SMILES string of the molecule is CCc1ccc(-c2ccc(=O)n(CC(=O)N3CCC(Cc4ccccc4)CC3)n2)cc1. The predicted molar refractivity (Wildman–Crippen MR) is 123 cm³/mol. The molecule has 0 unspecified atom stereocenters. The van der Waals surface area contributed by atoms with Crippen molar-refractivity contribution in [1.82, 2.24) is 14.7 Å². The Morgan fingerprint density at radius 1 is 0.935 bits per heavy atom. The lowest BCUT2D eigenvalue weighted by Gasteiger charge is -2.32. The van der Waals surface area contributed by atoms with Gasteiger partial charge in [-0.15, -0.1) is 0 Å². The van der Waals surface area contributed by atoms with Crippen LogP contribution in [0.3, 0.4) is 0 Å². The first-order valence-electron chi connectivity index (χ1n) is 11.1. The highest BCUT2D eigenvalue weighted by Gasteiger charge is 2.23. The van der Waals surface area contributed by atoms with Gasteiger partial charge in [-0.3, -0.25) is 9.59 Å². The van der Waals surface area contributed by atoms with Crippen LogP contribution in [0.1, 0.15) is 30.9 Å². The van der Waals surface area contributed by atoms with Crippen molar-refractivity contribution in [2.75, 3.05) is 13.1 Å². The van der Waals surface area contributed by atoms with Gasteiger partial charge in [0.2, 0.25) is 5.91 Å². The van der Waals surface area contributed by atoms with Crippen LogP contribution in [0.15, 0.2) is 71.5 Å². The highest BCUT2D eigenvalue weighted by atomic mass is 16.2. The fraction of sp³-hybridized carbons (Fsp3) is 0.346. The van der Waals surface area contributed by atoms with E-state index in [1.807, 2.05) is 23.1 Å². The van der Waals surface area contributed by atoms with E-state index < -0.39 is 0 Å². The molecule has 0 saturated carbocycles. The van der Waals surface area contributed by atoms with Gasteiger partial charge in [-0.25, -0.2) is 4.68 Å². The number of nitrogens with zero attached hydrogens (tertiary/aromatic N) is 3. The summed E-state index contributed by atoms with van der Waals surface area (Å²) < 4.78 is 1.29. The third-order valence-corrected chi connectivity index (χ3v) is 6.14. The van der Waals surface area contributed by atoms with Crippen molar-refractivity contribution < 1.29 is 4.79 Å². The normalized spacial score (nSPS) is 14.5. The Morgan fingerprint density at radius 3 is 2.32 bits per heavy atom. The fourth-order valence-electron chi connectivity index (χ4n) is 4.19. The molecule has 0 bridgehead atoms. The van der Waals surface area contributed by atoms with Gasteiger partial charge in [-0.1, -0.05) is 61.5 Å². The van der Waals surface area contributed by atoms with Crippen LogP contribution in [0.4, 0.5) is 0 Å². The molecule has 0 atom stereocenters. The lowest BCUT2D eigenvalue weighted by Crippen LogP contribution is -2.42. The first-order valence-corrected chi connectivity index (χ1v) is 11.1. The minimum absolute atomic E-state index is 0.0108. The molecule has 0 aliphatic carbocycles. The van der Waals surface area contributed by atoms with Crippen LogP contribution in [-0.4, -0.2) is 33.7 Å². The molecule has 5 heteroatoms. The predicted octanol–water partition coefficient (Wildman–Crippen LogP) is 3.95. The van der Waals surface area contributed by atoms with Crippen molar-refractivity contribution in [1.29, 1.82) is 0 Å². The largest absolute Gasteiger partial charge is 0.341 e. The standard InChI is InChI=1S/C26H29N3O2/c1-2-20-8-10-23(11-9-20)24-12-13-25(30)29(27-24)19-26(31)28-16-14-22(15-17-28)18-21-6-4-3-5-7-21/h3-13,22H,2,14-19H2,1H3. The molecular formula is C26H29N3O2. The van der Waals surface area contributed by atoms with E-state index >= 15 is 0 Å². The van der Waals surface area contributed by atoms with E-state index in [0.717, 1.165) is 44.3 Å². The van der Waals surface area contributed by atoms with Crippen molar-refractivity contribution in [2.45, 2.75) is 39.2 Å². The van der Waals surface area contributed by atoms with Crippen molar-refractivity contribution in [3.63, 3.8) is 0 Å². The Morgan fingerprint density at radius 2 is 1.65 bits per heavy atom. The van der Waals surface area contributed by atoms with E-state index in [2.05, 4.69) is 48.4 Å².